The van der Waals surface area contributed by atoms with Gasteiger partial charge >= 0.3 is 0 Å². The Bertz CT molecular complexity index is 300. The van der Waals surface area contributed by atoms with Crippen LogP contribution in [-0.4, -0.2) is 35.5 Å². The fraction of sp³-hybridized carbons (Fsp3) is 0.385. The maximum absolute atomic E-state index is 8.99. The van der Waals surface area contributed by atoms with Gasteiger partial charge in [-0.05, 0) is 5.56 Å². The monoisotopic (exact) mass is 237 g/mol. The van der Waals surface area contributed by atoms with Gasteiger partial charge in [-0.3, -0.25) is 4.90 Å². The van der Waals surface area contributed by atoms with Crippen molar-refractivity contribution in [2.45, 2.75) is 6.54 Å². The fourth-order valence-electron chi connectivity index (χ4n) is 1.52. The molecule has 2 nitrogen and oxygen atoms in total. The molecule has 3 heteroatoms. The summed E-state index contributed by atoms with van der Waals surface area (Å²) in [6, 6.07) is 10.3. The largest absolute Gasteiger partial charge is 0.395 e. The molecule has 0 bridgehead atoms. The van der Waals surface area contributed by atoms with E-state index < -0.39 is 0 Å². The Morgan fingerprint density at radius 3 is 2.56 bits per heavy atom. The smallest absolute Gasteiger partial charge is 0.0558 e. The average Bonchev–Trinajstić information content (AvgIpc) is 2.31. The normalized spacial score (nSPS) is 11.4. The molecule has 0 heterocycles. The third-order valence-corrected chi connectivity index (χ3v) is 2.51. The number of hydrogen-bond acceptors (Lipinski definition) is 3. The van der Waals surface area contributed by atoms with Crippen LogP contribution in [0.15, 0.2) is 42.5 Å². The van der Waals surface area contributed by atoms with Gasteiger partial charge in [0.2, 0.25) is 0 Å². The average molecular weight is 237 g/mol. The molecule has 88 valence electrons. The lowest BCUT2D eigenvalue weighted by molar-refractivity contribution is 0.203. The molecule has 1 aromatic carbocycles. The molecule has 0 amide bonds. The van der Waals surface area contributed by atoms with E-state index >= 15 is 0 Å². The van der Waals surface area contributed by atoms with Gasteiger partial charge in [0.1, 0.15) is 0 Å². The van der Waals surface area contributed by atoms with E-state index in [1.807, 2.05) is 24.3 Å². The zero-order chi connectivity index (χ0) is 11.6. The number of benzene rings is 1. The second-order valence-corrected chi connectivity index (χ2v) is 3.96. The van der Waals surface area contributed by atoms with Crippen molar-refractivity contribution in [1.82, 2.24) is 4.90 Å². The molecule has 0 fully saturated rings. The van der Waals surface area contributed by atoms with Crippen LogP contribution in [0.3, 0.4) is 0 Å². The van der Waals surface area contributed by atoms with Crippen LogP contribution in [0, 0.1) is 0 Å². The highest BCUT2D eigenvalue weighted by Crippen LogP contribution is 2.03. The predicted octanol–water partition coefficient (Wildman–Crippen LogP) is 1.97. The van der Waals surface area contributed by atoms with Gasteiger partial charge in [0, 0.05) is 25.4 Å². The van der Waals surface area contributed by atoms with Crippen molar-refractivity contribution in [3.8, 4) is 0 Å². The predicted molar refractivity (Wildman–Crippen MR) is 71.8 cm³/mol. The molecule has 0 saturated carbocycles. The Balaban J connectivity index is 2.47. The first kappa shape index (κ1) is 13.3. The molecule has 0 aliphatic rings. The first-order valence-electron chi connectivity index (χ1n) is 5.50. The minimum Gasteiger partial charge on any atom is -0.395 e. The topological polar surface area (TPSA) is 23.5 Å². The van der Waals surface area contributed by atoms with E-state index in [1.54, 1.807) is 0 Å². The van der Waals surface area contributed by atoms with Crippen molar-refractivity contribution in [3.05, 3.63) is 48.0 Å². The molecule has 0 spiro atoms. The van der Waals surface area contributed by atoms with Gasteiger partial charge in [0.05, 0.1) is 6.61 Å². The minimum atomic E-state index is 0.196. The van der Waals surface area contributed by atoms with Gasteiger partial charge in [0.15, 0.2) is 0 Å². The van der Waals surface area contributed by atoms with Crippen molar-refractivity contribution in [1.29, 1.82) is 0 Å². The summed E-state index contributed by atoms with van der Waals surface area (Å²) in [4.78, 5) is 2.20. The van der Waals surface area contributed by atoms with Gasteiger partial charge < -0.3 is 5.11 Å². The highest BCUT2D eigenvalue weighted by molar-refractivity contribution is 7.80. The SMILES string of the molecule is OCCN(CC=CCS)Cc1ccccc1. The van der Waals surface area contributed by atoms with E-state index in [0.29, 0.717) is 6.54 Å². The summed E-state index contributed by atoms with van der Waals surface area (Å²) in [5.41, 5.74) is 1.27. The summed E-state index contributed by atoms with van der Waals surface area (Å²) in [7, 11) is 0. The third-order valence-electron chi connectivity index (χ3n) is 2.30. The van der Waals surface area contributed by atoms with E-state index in [-0.39, 0.29) is 6.61 Å². The Morgan fingerprint density at radius 1 is 1.19 bits per heavy atom. The molecule has 1 rings (SSSR count). The Hall–Kier alpha value is -0.770. The quantitative estimate of drug-likeness (QED) is 0.559. The zero-order valence-corrected chi connectivity index (χ0v) is 10.3. The number of rotatable bonds is 7. The molecular weight excluding hydrogens is 218 g/mol. The van der Waals surface area contributed by atoms with Crippen LogP contribution in [0.5, 0.6) is 0 Å². The van der Waals surface area contributed by atoms with Crippen molar-refractivity contribution in [3.63, 3.8) is 0 Å². The van der Waals surface area contributed by atoms with Crippen LogP contribution in [0.1, 0.15) is 5.56 Å². The molecule has 16 heavy (non-hydrogen) atoms. The summed E-state index contributed by atoms with van der Waals surface area (Å²) in [6.07, 6.45) is 4.12. The second-order valence-electron chi connectivity index (χ2n) is 3.60. The molecule has 0 atom stereocenters. The molecule has 0 aliphatic heterocycles. The lowest BCUT2D eigenvalue weighted by atomic mass is 10.2. The lowest BCUT2D eigenvalue weighted by Crippen LogP contribution is -2.26. The summed E-state index contributed by atoms with van der Waals surface area (Å²) < 4.78 is 0. The Morgan fingerprint density at radius 2 is 1.94 bits per heavy atom. The highest BCUT2D eigenvalue weighted by Gasteiger charge is 2.02. The van der Waals surface area contributed by atoms with Gasteiger partial charge in [-0.15, -0.1) is 0 Å². The van der Waals surface area contributed by atoms with Crippen LogP contribution in [-0.2, 0) is 6.54 Å². The van der Waals surface area contributed by atoms with Crippen LogP contribution < -0.4 is 0 Å². The third kappa shape index (κ3) is 5.35. The summed E-state index contributed by atoms with van der Waals surface area (Å²) in [6.45, 7) is 2.63. The van der Waals surface area contributed by atoms with E-state index in [9.17, 15) is 0 Å². The fourth-order valence-corrected chi connectivity index (χ4v) is 1.67. The molecular formula is C13H19NOS. The number of aliphatic hydroxyl groups is 1. The van der Waals surface area contributed by atoms with Crippen LogP contribution in [0.2, 0.25) is 0 Å². The van der Waals surface area contributed by atoms with Crippen molar-refractivity contribution >= 4 is 12.6 Å². The summed E-state index contributed by atoms with van der Waals surface area (Å²) in [5.74, 6) is 0.762. The Kier molecular flexibility index (Phi) is 6.97. The Labute approximate surface area is 103 Å². The van der Waals surface area contributed by atoms with Crippen LogP contribution in [0.4, 0.5) is 0 Å². The second kappa shape index (κ2) is 8.39. The zero-order valence-electron chi connectivity index (χ0n) is 9.42. The number of nitrogens with zero attached hydrogens (tertiary/aromatic N) is 1. The van der Waals surface area contributed by atoms with Gasteiger partial charge in [-0.2, -0.15) is 12.6 Å². The van der Waals surface area contributed by atoms with E-state index in [2.05, 4.69) is 35.7 Å². The van der Waals surface area contributed by atoms with E-state index in [1.165, 1.54) is 5.56 Å². The van der Waals surface area contributed by atoms with Crippen molar-refractivity contribution in [2.24, 2.45) is 0 Å². The standard InChI is InChI=1S/C13H19NOS/c15-10-9-14(8-4-5-11-16)12-13-6-2-1-3-7-13/h1-7,15-16H,8-12H2. The molecule has 1 aromatic rings. The van der Waals surface area contributed by atoms with Gasteiger partial charge in [-0.25, -0.2) is 0 Å². The molecule has 0 unspecified atom stereocenters. The number of hydrogen-bond donors (Lipinski definition) is 2. The molecule has 1 N–H and O–H groups in total. The minimum absolute atomic E-state index is 0.196. The molecule has 0 radical (unpaired) electrons. The molecule has 0 aromatic heterocycles. The lowest BCUT2D eigenvalue weighted by Gasteiger charge is -2.19. The van der Waals surface area contributed by atoms with Crippen molar-refractivity contribution < 1.29 is 5.11 Å². The number of aliphatic hydroxyl groups excluding tert-OH is 1. The van der Waals surface area contributed by atoms with Gasteiger partial charge in [-0.1, -0.05) is 42.5 Å². The maximum Gasteiger partial charge on any atom is 0.0558 e. The van der Waals surface area contributed by atoms with Crippen LogP contribution in [0.25, 0.3) is 0 Å². The van der Waals surface area contributed by atoms with E-state index in [0.717, 1.165) is 18.8 Å². The first-order valence-corrected chi connectivity index (χ1v) is 6.13. The van der Waals surface area contributed by atoms with Gasteiger partial charge in [0.25, 0.3) is 0 Å². The van der Waals surface area contributed by atoms with E-state index in [4.69, 9.17) is 5.11 Å². The molecule has 0 aliphatic carbocycles. The number of thiol groups is 1. The maximum atomic E-state index is 8.99. The van der Waals surface area contributed by atoms with Crippen molar-refractivity contribution in [2.75, 3.05) is 25.4 Å². The first-order chi connectivity index (χ1) is 7.86. The summed E-state index contributed by atoms with van der Waals surface area (Å²) >= 11 is 4.12. The summed E-state index contributed by atoms with van der Waals surface area (Å²) in [5, 5.41) is 8.99. The van der Waals surface area contributed by atoms with Crippen LogP contribution >= 0.6 is 12.6 Å². The highest BCUT2D eigenvalue weighted by atomic mass is 32.1. The molecule has 0 saturated heterocycles.